The van der Waals surface area contributed by atoms with Crippen LogP contribution < -0.4 is 9.77 Å². The average molecular weight is 599 g/mol. The molecule has 8 heteroatoms. The third-order valence-electron chi connectivity index (χ3n) is 9.65. The largest absolute Gasteiger partial charge is 0.308 e. The molecule has 1 saturated heterocycles. The van der Waals surface area contributed by atoms with Crippen LogP contribution in [0.1, 0.15) is 33.9 Å². The van der Waals surface area contributed by atoms with Crippen molar-refractivity contribution in [3.63, 3.8) is 0 Å². The zero-order chi connectivity index (χ0) is 28.0. The number of benzene rings is 3. The number of nitrogens with zero attached hydrogens (tertiary/aromatic N) is 2. The maximum atomic E-state index is 14.0. The minimum Gasteiger partial charge on any atom is -0.289 e. The van der Waals surface area contributed by atoms with Gasteiger partial charge in [0, 0.05) is 21.1 Å². The van der Waals surface area contributed by atoms with E-state index in [2.05, 4.69) is 12.1 Å². The van der Waals surface area contributed by atoms with E-state index in [1.807, 2.05) is 78.2 Å². The fraction of sp³-hybridized carbons (Fsp3) is 0.303. The smallest absolute Gasteiger partial charge is 0.289 e. The molecule has 8 rings (SSSR count). The molecule has 0 radical (unpaired) electrons. The minimum atomic E-state index is -0.310. The van der Waals surface area contributed by atoms with Crippen LogP contribution in [0.5, 0.6) is 0 Å². The summed E-state index contributed by atoms with van der Waals surface area (Å²) in [5, 5.41) is 1.84. The van der Waals surface area contributed by atoms with E-state index in [0.717, 1.165) is 33.0 Å². The van der Waals surface area contributed by atoms with Crippen LogP contribution in [-0.4, -0.2) is 21.6 Å². The number of carbonyl (C=O) groups is 2. The van der Waals surface area contributed by atoms with E-state index in [1.165, 1.54) is 16.2 Å². The van der Waals surface area contributed by atoms with E-state index in [9.17, 15) is 14.4 Å². The lowest BCUT2D eigenvalue weighted by Crippen LogP contribution is -2.43. The minimum absolute atomic E-state index is 0.0180. The number of thioether (sulfide) groups is 1. The van der Waals surface area contributed by atoms with Gasteiger partial charge in [0.2, 0.25) is 11.8 Å². The SMILES string of the molecule is Cc1ccc(N2C(=O)C3C4CC(C3C2=O)C2C(c3ccc(Cl)cc3)c3sc(=O)n(Cc5ccccc5)c3SC42)cc1. The topological polar surface area (TPSA) is 59.4 Å². The van der Waals surface area contributed by atoms with Crippen LogP contribution in [0.2, 0.25) is 5.02 Å². The first-order valence-electron chi connectivity index (χ1n) is 14.0. The number of aromatic nitrogens is 1. The van der Waals surface area contributed by atoms with Crippen molar-refractivity contribution in [3.8, 4) is 0 Å². The summed E-state index contributed by atoms with van der Waals surface area (Å²) in [6.45, 7) is 2.52. The molecule has 3 heterocycles. The first kappa shape index (κ1) is 25.6. The number of carbonyl (C=O) groups excluding carboxylic acids is 2. The lowest BCUT2D eigenvalue weighted by molar-refractivity contribution is -0.123. The van der Waals surface area contributed by atoms with Gasteiger partial charge < -0.3 is 0 Å². The molecule has 0 N–H and O–H groups in total. The maximum Gasteiger partial charge on any atom is 0.308 e. The molecule has 4 aromatic rings. The summed E-state index contributed by atoms with van der Waals surface area (Å²) in [4.78, 5) is 44.0. The highest BCUT2D eigenvalue weighted by atomic mass is 35.5. The second kappa shape index (κ2) is 9.45. The predicted molar refractivity (Wildman–Crippen MR) is 163 cm³/mol. The van der Waals surface area contributed by atoms with Gasteiger partial charge in [-0.15, -0.1) is 11.8 Å². The second-order valence-corrected chi connectivity index (χ2v) is 14.4. The summed E-state index contributed by atoms with van der Waals surface area (Å²) >= 11 is 9.41. The van der Waals surface area contributed by atoms with Crippen LogP contribution in [0.15, 0.2) is 88.7 Å². The van der Waals surface area contributed by atoms with Crippen molar-refractivity contribution in [2.24, 2.45) is 29.6 Å². The summed E-state index contributed by atoms with van der Waals surface area (Å²) in [6, 6.07) is 25.7. The Labute approximate surface area is 251 Å². The number of amides is 2. The van der Waals surface area contributed by atoms with Gasteiger partial charge in [0.1, 0.15) is 0 Å². The highest BCUT2D eigenvalue weighted by Gasteiger charge is 2.69. The number of hydrogen-bond acceptors (Lipinski definition) is 5. The molecule has 1 aromatic heterocycles. The molecule has 41 heavy (non-hydrogen) atoms. The lowest BCUT2D eigenvalue weighted by Gasteiger charge is -2.43. The molecule has 7 unspecified atom stereocenters. The van der Waals surface area contributed by atoms with E-state index >= 15 is 0 Å². The predicted octanol–water partition coefficient (Wildman–Crippen LogP) is 6.60. The van der Waals surface area contributed by atoms with Crippen molar-refractivity contribution < 1.29 is 9.59 Å². The number of halogens is 1. The van der Waals surface area contributed by atoms with Crippen LogP contribution >= 0.6 is 34.7 Å². The molecule has 5 nitrogen and oxygen atoms in total. The van der Waals surface area contributed by atoms with Crippen molar-refractivity contribution in [1.82, 2.24) is 4.57 Å². The van der Waals surface area contributed by atoms with Crippen molar-refractivity contribution in [3.05, 3.63) is 115 Å². The first-order valence-corrected chi connectivity index (χ1v) is 16.1. The van der Waals surface area contributed by atoms with Crippen molar-refractivity contribution in [2.75, 3.05) is 4.90 Å². The van der Waals surface area contributed by atoms with Crippen LogP contribution in [-0.2, 0) is 16.1 Å². The molecular formula is C33H27ClN2O3S2. The molecule has 2 aliphatic heterocycles. The molecule has 4 aliphatic rings. The number of fused-ring (bicyclic) bond motifs is 9. The van der Waals surface area contributed by atoms with Gasteiger partial charge in [0.25, 0.3) is 0 Å². The Morgan fingerprint density at radius 1 is 0.854 bits per heavy atom. The standard InChI is InChI=1S/C33H27ClN2O3S2/c1-17-7-13-21(14-8-17)36-30(37)26-22-15-23(27(26)31(36)38)28-25(22)24(19-9-11-20(34)12-10-19)29-32(40-28)35(33(39)41-29)16-18-5-3-2-4-6-18/h2-14,22-28H,15-16H2,1H3. The van der Waals surface area contributed by atoms with E-state index < -0.39 is 0 Å². The van der Waals surface area contributed by atoms with Gasteiger partial charge >= 0.3 is 4.87 Å². The van der Waals surface area contributed by atoms with Gasteiger partial charge in [0.15, 0.2) is 0 Å². The second-order valence-electron chi connectivity index (χ2n) is 11.8. The first-order chi connectivity index (χ1) is 19.9. The van der Waals surface area contributed by atoms with Crippen molar-refractivity contribution >= 4 is 52.2 Å². The Bertz CT molecular complexity index is 1750. The average Bonchev–Trinajstić information content (AvgIpc) is 3.69. The van der Waals surface area contributed by atoms with E-state index in [4.69, 9.17) is 11.6 Å². The summed E-state index contributed by atoms with van der Waals surface area (Å²) in [5.41, 5.74) is 3.96. The maximum absolute atomic E-state index is 14.0. The zero-order valence-electron chi connectivity index (χ0n) is 22.3. The third-order valence-corrected chi connectivity index (χ3v) is 12.7. The van der Waals surface area contributed by atoms with Crippen molar-refractivity contribution in [2.45, 2.75) is 36.1 Å². The van der Waals surface area contributed by atoms with Crippen LogP contribution in [0.3, 0.4) is 0 Å². The third kappa shape index (κ3) is 3.78. The monoisotopic (exact) mass is 598 g/mol. The normalized spacial score (nSPS) is 29.5. The molecule has 2 saturated carbocycles. The fourth-order valence-electron chi connectivity index (χ4n) is 8.01. The van der Waals surface area contributed by atoms with E-state index in [-0.39, 0.29) is 57.4 Å². The van der Waals surface area contributed by atoms with Gasteiger partial charge in [-0.3, -0.25) is 23.9 Å². The lowest BCUT2D eigenvalue weighted by atomic mass is 9.68. The highest BCUT2D eigenvalue weighted by molar-refractivity contribution is 8.00. The summed E-state index contributed by atoms with van der Waals surface area (Å²) in [5.74, 6) is -0.407. The Morgan fingerprint density at radius 3 is 2.24 bits per heavy atom. The van der Waals surface area contributed by atoms with E-state index in [1.54, 1.807) is 11.8 Å². The van der Waals surface area contributed by atoms with Crippen LogP contribution in [0.4, 0.5) is 5.69 Å². The molecule has 3 aromatic carbocycles. The Morgan fingerprint density at radius 2 is 1.54 bits per heavy atom. The molecular weight excluding hydrogens is 572 g/mol. The number of aryl methyl sites for hydroxylation is 1. The number of anilines is 1. The molecule has 3 fully saturated rings. The number of thiazole rings is 1. The van der Waals surface area contributed by atoms with Gasteiger partial charge in [-0.25, -0.2) is 0 Å². The van der Waals surface area contributed by atoms with Crippen LogP contribution in [0, 0.1) is 36.5 Å². The molecule has 7 atom stereocenters. The zero-order valence-corrected chi connectivity index (χ0v) is 24.7. The fourth-order valence-corrected chi connectivity index (χ4v) is 11.3. The molecule has 2 amide bonds. The molecule has 0 spiro atoms. The number of imide groups is 1. The number of rotatable bonds is 4. The Hall–Kier alpha value is -3.13. The van der Waals surface area contributed by atoms with Gasteiger partial charge in [0.05, 0.1) is 29.1 Å². The Balaban J connectivity index is 1.23. The highest BCUT2D eigenvalue weighted by Crippen LogP contribution is 2.69. The van der Waals surface area contributed by atoms with Crippen molar-refractivity contribution in [1.29, 1.82) is 0 Å². The summed E-state index contributed by atoms with van der Waals surface area (Å²) in [7, 11) is 0. The molecule has 206 valence electrons. The summed E-state index contributed by atoms with van der Waals surface area (Å²) in [6.07, 6.45) is 0.874. The molecule has 2 bridgehead atoms. The number of hydrogen-bond donors (Lipinski definition) is 0. The van der Waals surface area contributed by atoms with Gasteiger partial charge in [-0.05, 0) is 66.5 Å². The summed E-state index contributed by atoms with van der Waals surface area (Å²) < 4.78 is 1.92. The van der Waals surface area contributed by atoms with E-state index in [0.29, 0.717) is 17.3 Å². The van der Waals surface area contributed by atoms with Gasteiger partial charge in [-0.1, -0.05) is 83.1 Å². The molecule has 2 aliphatic carbocycles. The van der Waals surface area contributed by atoms with Gasteiger partial charge in [-0.2, -0.15) is 0 Å². The Kier molecular flexibility index (Phi) is 5.89. The quantitative estimate of drug-likeness (QED) is 0.248. The van der Waals surface area contributed by atoms with Crippen LogP contribution in [0.25, 0.3) is 0 Å².